The van der Waals surface area contributed by atoms with Crippen LogP contribution in [0.4, 0.5) is 11.4 Å². The third kappa shape index (κ3) is 3.46. The highest BCUT2D eigenvalue weighted by Crippen LogP contribution is 2.29. The van der Waals surface area contributed by atoms with Gasteiger partial charge in [-0.25, -0.2) is 0 Å². The van der Waals surface area contributed by atoms with Crippen molar-refractivity contribution >= 4 is 33.2 Å². The second-order valence-electron chi connectivity index (χ2n) is 4.26. The molecule has 6 heteroatoms. The summed E-state index contributed by atoms with van der Waals surface area (Å²) in [6, 6.07) is 10.2. The molecule has 1 amide bonds. The van der Waals surface area contributed by atoms with E-state index >= 15 is 0 Å². The zero-order valence-corrected chi connectivity index (χ0v) is 13.2. The fraction of sp³-hybridized carbons (Fsp3) is 0.133. The molecule has 0 fully saturated rings. The van der Waals surface area contributed by atoms with Crippen LogP contribution in [0.5, 0.6) is 11.5 Å². The maximum absolute atomic E-state index is 12.4. The minimum Gasteiger partial charge on any atom is -0.497 e. The number of nitrogens with two attached hydrogens (primary N) is 1. The number of nitrogens with one attached hydrogen (secondary N) is 1. The lowest BCUT2D eigenvalue weighted by Gasteiger charge is -2.12. The van der Waals surface area contributed by atoms with Gasteiger partial charge in [-0.15, -0.1) is 0 Å². The molecule has 0 saturated heterocycles. The predicted octanol–water partition coefficient (Wildman–Crippen LogP) is 3.30. The van der Waals surface area contributed by atoms with Gasteiger partial charge in [-0.05, 0) is 46.3 Å². The molecule has 0 unspecified atom stereocenters. The van der Waals surface area contributed by atoms with Crippen LogP contribution >= 0.6 is 15.9 Å². The Labute approximate surface area is 131 Å². The maximum Gasteiger partial charge on any atom is 0.257 e. The number of hydrogen-bond acceptors (Lipinski definition) is 4. The molecule has 0 atom stereocenters. The van der Waals surface area contributed by atoms with Crippen LogP contribution in [0.15, 0.2) is 40.9 Å². The number of benzene rings is 2. The molecule has 0 saturated carbocycles. The van der Waals surface area contributed by atoms with Gasteiger partial charge in [-0.1, -0.05) is 0 Å². The van der Waals surface area contributed by atoms with E-state index in [-0.39, 0.29) is 5.91 Å². The lowest BCUT2D eigenvalue weighted by atomic mass is 10.2. The van der Waals surface area contributed by atoms with Gasteiger partial charge in [0.05, 0.1) is 25.5 Å². The summed E-state index contributed by atoms with van der Waals surface area (Å²) in [7, 11) is 3.07. The topological polar surface area (TPSA) is 73.6 Å². The van der Waals surface area contributed by atoms with Crippen molar-refractivity contribution in [1.82, 2.24) is 0 Å². The molecule has 0 bridgehead atoms. The summed E-state index contributed by atoms with van der Waals surface area (Å²) in [6.07, 6.45) is 0. The number of nitrogen functional groups attached to an aromatic ring is 1. The molecule has 0 spiro atoms. The second-order valence-corrected chi connectivity index (χ2v) is 5.11. The van der Waals surface area contributed by atoms with E-state index in [4.69, 9.17) is 15.2 Å². The molecule has 2 aromatic carbocycles. The first-order valence-corrected chi connectivity index (χ1v) is 6.93. The Morgan fingerprint density at radius 2 is 1.90 bits per heavy atom. The Morgan fingerprint density at radius 3 is 2.57 bits per heavy atom. The van der Waals surface area contributed by atoms with E-state index in [1.165, 1.54) is 7.11 Å². The van der Waals surface area contributed by atoms with Crippen LogP contribution in [0.2, 0.25) is 0 Å². The van der Waals surface area contributed by atoms with E-state index in [2.05, 4.69) is 21.2 Å². The summed E-state index contributed by atoms with van der Waals surface area (Å²) < 4.78 is 11.0. The second kappa shape index (κ2) is 6.49. The molecule has 0 heterocycles. The van der Waals surface area contributed by atoms with Gasteiger partial charge in [-0.3, -0.25) is 4.79 Å². The van der Waals surface area contributed by atoms with E-state index in [1.54, 1.807) is 43.5 Å². The molecule has 0 aromatic heterocycles. The van der Waals surface area contributed by atoms with Gasteiger partial charge in [-0.2, -0.15) is 0 Å². The van der Waals surface area contributed by atoms with Crippen molar-refractivity contribution in [3.63, 3.8) is 0 Å². The summed E-state index contributed by atoms with van der Waals surface area (Å²) in [6.45, 7) is 0. The van der Waals surface area contributed by atoms with Crippen molar-refractivity contribution in [2.24, 2.45) is 0 Å². The van der Waals surface area contributed by atoms with Gasteiger partial charge in [0.25, 0.3) is 5.91 Å². The van der Waals surface area contributed by atoms with Crippen molar-refractivity contribution in [2.45, 2.75) is 0 Å². The maximum atomic E-state index is 12.4. The third-order valence-corrected chi connectivity index (χ3v) is 3.58. The molecular weight excluding hydrogens is 336 g/mol. The number of anilines is 2. The van der Waals surface area contributed by atoms with Crippen molar-refractivity contribution in [1.29, 1.82) is 0 Å². The van der Waals surface area contributed by atoms with E-state index in [1.807, 2.05) is 0 Å². The average Bonchev–Trinajstić information content (AvgIpc) is 2.49. The number of ether oxygens (including phenoxy) is 2. The van der Waals surface area contributed by atoms with Crippen LogP contribution in [-0.2, 0) is 0 Å². The van der Waals surface area contributed by atoms with Crippen molar-refractivity contribution in [3.05, 3.63) is 46.4 Å². The predicted molar refractivity (Wildman–Crippen MR) is 86.1 cm³/mol. The minimum absolute atomic E-state index is 0.274. The molecule has 110 valence electrons. The number of amides is 1. The molecule has 0 aliphatic heterocycles. The highest BCUT2D eigenvalue weighted by atomic mass is 79.9. The van der Waals surface area contributed by atoms with Gasteiger partial charge in [0.2, 0.25) is 0 Å². The number of halogens is 1. The largest absolute Gasteiger partial charge is 0.497 e. The fourth-order valence-electron chi connectivity index (χ4n) is 1.81. The summed E-state index contributed by atoms with van der Waals surface area (Å²) in [5, 5.41) is 2.79. The first-order valence-electron chi connectivity index (χ1n) is 6.13. The normalized spacial score (nSPS) is 10.0. The van der Waals surface area contributed by atoms with Crippen LogP contribution < -0.4 is 20.5 Å². The molecular formula is C15H15BrN2O3. The van der Waals surface area contributed by atoms with Gasteiger partial charge >= 0.3 is 0 Å². The summed E-state index contributed by atoms with van der Waals surface area (Å²) in [5.74, 6) is 0.832. The molecule has 5 nitrogen and oxygen atoms in total. The third-order valence-electron chi connectivity index (χ3n) is 2.89. The minimum atomic E-state index is -0.274. The highest BCUT2D eigenvalue weighted by Gasteiger charge is 2.14. The Kier molecular flexibility index (Phi) is 4.70. The van der Waals surface area contributed by atoms with Crippen LogP contribution in [0.1, 0.15) is 10.4 Å². The summed E-state index contributed by atoms with van der Waals surface area (Å²) in [5.41, 5.74) is 7.27. The van der Waals surface area contributed by atoms with Crippen molar-refractivity contribution in [3.8, 4) is 11.5 Å². The van der Waals surface area contributed by atoms with Crippen LogP contribution in [0, 0.1) is 0 Å². The van der Waals surface area contributed by atoms with Crippen molar-refractivity contribution < 1.29 is 14.3 Å². The smallest absolute Gasteiger partial charge is 0.257 e. The number of hydrogen-bond donors (Lipinski definition) is 2. The highest BCUT2D eigenvalue weighted by molar-refractivity contribution is 9.10. The Bertz CT molecular complexity index is 674. The number of rotatable bonds is 4. The molecule has 3 N–H and O–H groups in total. The quantitative estimate of drug-likeness (QED) is 0.829. The van der Waals surface area contributed by atoms with Crippen LogP contribution in [0.3, 0.4) is 0 Å². The van der Waals surface area contributed by atoms with E-state index in [9.17, 15) is 4.79 Å². The van der Waals surface area contributed by atoms with Gasteiger partial charge < -0.3 is 20.5 Å². The first kappa shape index (κ1) is 15.2. The van der Waals surface area contributed by atoms with Gasteiger partial charge in [0.1, 0.15) is 11.5 Å². The fourth-order valence-corrected chi connectivity index (χ4v) is 2.23. The van der Waals surface area contributed by atoms with E-state index in [0.717, 1.165) is 0 Å². The molecule has 0 aliphatic carbocycles. The molecule has 0 radical (unpaired) electrons. The molecule has 0 aliphatic rings. The van der Waals surface area contributed by atoms with Crippen LogP contribution in [-0.4, -0.2) is 20.1 Å². The molecule has 21 heavy (non-hydrogen) atoms. The summed E-state index contributed by atoms with van der Waals surface area (Å²) in [4.78, 5) is 12.4. The Balaban J connectivity index is 2.30. The van der Waals surface area contributed by atoms with E-state index in [0.29, 0.717) is 32.9 Å². The monoisotopic (exact) mass is 350 g/mol. The molecule has 2 rings (SSSR count). The SMILES string of the molecule is COc1ccc(Br)c(C(=O)Nc2ccc(N)cc2OC)c1. The summed E-state index contributed by atoms with van der Waals surface area (Å²) >= 11 is 3.35. The number of methoxy groups -OCH3 is 2. The van der Waals surface area contributed by atoms with Gasteiger partial charge in [0.15, 0.2) is 0 Å². The number of carbonyl (C=O) groups excluding carboxylic acids is 1. The zero-order valence-electron chi connectivity index (χ0n) is 11.6. The lowest BCUT2D eigenvalue weighted by molar-refractivity contribution is 0.102. The van der Waals surface area contributed by atoms with Crippen LogP contribution in [0.25, 0.3) is 0 Å². The Hall–Kier alpha value is -2.21. The number of carbonyl (C=O) groups is 1. The Morgan fingerprint density at radius 1 is 1.14 bits per heavy atom. The first-order chi connectivity index (χ1) is 10.0. The van der Waals surface area contributed by atoms with Gasteiger partial charge in [0, 0.05) is 16.2 Å². The molecule has 2 aromatic rings. The van der Waals surface area contributed by atoms with Crippen molar-refractivity contribution in [2.75, 3.05) is 25.3 Å². The lowest BCUT2D eigenvalue weighted by Crippen LogP contribution is -2.13. The zero-order chi connectivity index (χ0) is 15.4. The standard InChI is InChI=1S/C15H15BrN2O3/c1-20-10-4-5-12(16)11(8-10)15(19)18-13-6-3-9(17)7-14(13)21-2/h3-8H,17H2,1-2H3,(H,18,19). The average molecular weight is 351 g/mol. The van der Waals surface area contributed by atoms with E-state index < -0.39 is 0 Å².